The lowest BCUT2D eigenvalue weighted by molar-refractivity contribution is 0.0941. The summed E-state index contributed by atoms with van der Waals surface area (Å²) in [6.45, 7) is 0. The van der Waals surface area contributed by atoms with Gasteiger partial charge in [0.2, 0.25) is 0 Å². The molecular formula is C16H19BrO2. The van der Waals surface area contributed by atoms with Crippen LogP contribution in [0.3, 0.4) is 0 Å². The molecule has 1 aromatic rings. The van der Waals surface area contributed by atoms with Crippen molar-refractivity contribution in [1.29, 1.82) is 0 Å². The summed E-state index contributed by atoms with van der Waals surface area (Å²) in [5, 5.41) is 0. The van der Waals surface area contributed by atoms with Crippen LogP contribution < -0.4 is 4.74 Å². The van der Waals surface area contributed by atoms with E-state index >= 15 is 0 Å². The molecule has 0 amide bonds. The van der Waals surface area contributed by atoms with Gasteiger partial charge in [0.05, 0.1) is 12.7 Å². The van der Waals surface area contributed by atoms with Crippen molar-refractivity contribution in [2.24, 2.45) is 17.8 Å². The molecule has 2 aliphatic rings. The van der Waals surface area contributed by atoms with Crippen LogP contribution in [0.4, 0.5) is 0 Å². The zero-order chi connectivity index (χ0) is 13.4. The molecule has 3 unspecified atom stereocenters. The number of Topliss-reactive ketones (excluding diaryl/α,β-unsaturated/α-hetero) is 1. The van der Waals surface area contributed by atoms with Crippen molar-refractivity contribution in [3.05, 3.63) is 28.2 Å². The van der Waals surface area contributed by atoms with Crippen LogP contribution in [-0.4, -0.2) is 12.9 Å². The molecule has 3 rings (SSSR count). The molecule has 2 aliphatic carbocycles. The van der Waals surface area contributed by atoms with Gasteiger partial charge in [-0.25, -0.2) is 0 Å². The molecule has 2 nitrogen and oxygen atoms in total. The number of methoxy groups -OCH3 is 1. The third kappa shape index (κ3) is 2.58. The highest BCUT2D eigenvalue weighted by Gasteiger charge is 2.40. The summed E-state index contributed by atoms with van der Waals surface area (Å²) < 4.78 is 6.24. The van der Waals surface area contributed by atoms with Crippen molar-refractivity contribution < 1.29 is 9.53 Å². The third-order valence-corrected chi connectivity index (χ3v) is 5.29. The average Bonchev–Trinajstić information content (AvgIpc) is 3.01. The fourth-order valence-corrected chi connectivity index (χ4v) is 4.23. The molecule has 0 N–H and O–H groups in total. The van der Waals surface area contributed by atoms with Crippen molar-refractivity contribution >= 4 is 21.7 Å². The van der Waals surface area contributed by atoms with E-state index in [0.717, 1.165) is 21.9 Å². The zero-order valence-electron chi connectivity index (χ0n) is 11.2. The maximum absolute atomic E-state index is 12.5. The molecule has 0 radical (unpaired) electrons. The Kier molecular flexibility index (Phi) is 3.66. The number of halogens is 1. The summed E-state index contributed by atoms with van der Waals surface area (Å²) in [7, 11) is 1.62. The predicted molar refractivity (Wildman–Crippen MR) is 78.6 cm³/mol. The number of hydrogen-bond acceptors (Lipinski definition) is 2. The zero-order valence-corrected chi connectivity index (χ0v) is 12.8. The number of carbonyl (C=O) groups is 1. The Morgan fingerprint density at radius 3 is 2.84 bits per heavy atom. The molecule has 0 aliphatic heterocycles. The molecule has 1 aromatic carbocycles. The molecule has 0 spiro atoms. The number of carbonyl (C=O) groups excluding carboxylic acids is 1. The highest BCUT2D eigenvalue weighted by molar-refractivity contribution is 9.10. The number of hydrogen-bond donors (Lipinski definition) is 0. The fourth-order valence-electron chi connectivity index (χ4n) is 3.87. The SMILES string of the molecule is COc1ccc(Br)cc1C(=O)CC1CC2CCC1C2. The smallest absolute Gasteiger partial charge is 0.166 e. The number of benzene rings is 1. The molecule has 0 heterocycles. The van der Waals surface area contributed by atoms with Crippen molar-refractivity contribution in [3.8, 4) is 5.75 Å². The molecule has 2 bridgehead atoms. The van der Waals surface area contributed by atoms with E-state index in [9.17, 15) is 4.79 Å². The van der Waals surface area contributed by atoms with Crippen LogP contribution in [0.1, 0.15) is 42.5 Å². The Morgan fingerprint density at radius 2 is 2.21 bits per heavy atom. The van der Waals surface area contributed by atoms with Crippen LogP contribution in [-0.2, 0) is 0 Å². The van der Waals surface area contributed by atoms with Gasteiger partial charge in [-0.05, 0) is 55.2 Å². The van der Waals surface area contributed by atoms with Crippen molar-refractivity contribution in [1.82, 2.24) is 0 Å². The highest BCUT2D eigenvalue weighted by atomic mass is 79.9. The van der Waals surface area contributed by atoms with Crippen LogP contribution in [0, 0.1) is 17.8 Å². The molecule has 0 aromatic heterocycles. The van der Waals surface area contributed by atoms with Gasteiger partial charge in [-0.2, -0.15) is 0 Å². The summed E-state index contributed by atoms with van der Waals surface area (Å²) in [6.07, 6.45) is 6.02. The number of rotatable bonds is 4. The lowest BCUT2D eigenvalue weighted by Gasteiger charge is -2.21. The number of fused-ring (bicyclic) bond motifs is 2. The third-order valence-electron chi connectivity index (χ3n) is 4.79. The molecule has 2 saturated carbocycles. The first kappa shape index (κ1) is 13.2. The first-order valence-electron chi connectivity index (χ1n) is 7.04. The van der Waals surface area contributed by atoms with Gasteiger partial charge >= 0.3 is 0 Å². The fraction of sp³-hybridized carbons (Fsp3) is 0.562. The second-order valence-electron chi connectivity index (χ2n) is 5.91. The molecule has 102 valence electrons. The van der Waals surface area contributed by atoms with E-state index in [1.807, 2.05) is 18.2 Å². The Hall–Kier alpha value is -0.830. The standard InChI is InChI=1S/C16H19BrO2/c1-19-16-5-4-13(17)9-14(16)15(18)8-12-7-10-2-3-11(12)6-10/h4-5,9-12H,2-3,6-8H2,1H3. The number of ketones is 1. The van der Waals surface area contributed by atoms with Crippen molar-refractivity contribution in [3.63, 3.8) is 0 Å². The molecule has 3 atom stereocenters. The van der Waals surface area contributed by atoms with Crippen LogP contribution in [0.25, 0.3) is 0 Å². The van der Waals surface area contributed by atoms with Gasteiger partial charge in [-0.3, -0.25) is 4.79 Å². The summed E-state index contributed by atoms with van der Waals surface area (Å²) in [5.41, 5.74) is 0.722. The van der Waals surface area contributed by atoms with Crippen LogP contribution in [0.2, 0.25) is 0 Å². The van der Waals surface area contributed by atoms with Gasteiger partial charge in [0, 0.05) is 10.9 Å². The Labute approximate surface area is 122 Å². The van der Waals surface area contributed by atoms with Gasteiger partial charge in [0.15, 0.2) is 5.78 Å². The topological polar surface area (TPSA) is 26.3 Å². The van der Waals surface area contributed by atoms with E-state index in [2.05, 4.69) is 15.9 Å². The van der Waals surface area contributed by atoms with Crippen molar-refractivity contribution in [2.45, 2.75) is 32.1 Å². The quantitative estimate of drug-likeness (QED) is 0.764. The van der Waals surface area contributed by atoms with E-state index in [4.69, 9.17) is 4.74 Å². The minimum atomic E-state index is 0.232. The summed E-state index contributed by atoms with van der Waals surface area (Å²) >= 11 is 3.43. The van der Waals surface area contributed by atoms with Gasteiger partial charge in [-0.1, -0.05) is 22.4 Å². The van der Waals surface area contributed by atoms with Crippen LogP contribution in [0.5, 0.6) is 5.75 Å². The molecule has 3 heteroatoms. The summed E-state index contributed by atoms with van der Waals surface area (Å²) in [6, 6.07) is 5.65. The van der Waals surface area contributed by atoms with E-state index in [0.29, 0.717) is 18.1 Å². The Morgan fingerprint density at radius 1 is 1.37 bits per heavy atom. The second kappa shape index (κ2) is 5.28. The van der Waals surface area contributed by atoms with E-state index in [-0.39, 0.29) is 5.78 Å². The maximum atomic E-state index is 12.5. The van der Waals surface area contributed by atoms with Gasteiger partial charge in [0.1, 0.15) is 5.75 Å². The monoisotopic (exact) mass is 322 g/mol. The second-order valence-corrected chi connectivity index (χ2v) is 6.82. The Balaban J connectivity index is 1.75. The van der Waals surface area contributed by atoms with Gasteiger partial charge < -0.3 is 4.74 Å². The highest BCUT2D eigenvalue weighted by Crippen LogP contribution is 2.50. The van der Waals surface area contributed by atoms with Crippen molar-refractivity contribution in [2.75, 3.05) is 7.11 Å². The Bertz CT molecular complexity index is 498. The van der Waals surface area contributed by atoms with Crippen LogP contribution >= 0.6 is 15.9 Å². The molecule has 0 saturated heterocycles. The predicted octanol–water partition coefficient (Wildman–Crippen LogP) is 4.47. The first-order chi connectivity index (χ1) is 9.17. The molecular weight excluding hydrogens is 304 g/mol. The largest absolute Gasteiger partial charge is 0.496 e. The lowest BCUT2D eigenvalue weighted by atomic mass is 9.84. The van der Waals surface area contributed by atoms with E-state index in [1.165, 1.54) is 25.7 Å². The van der Waals surface area contributed by atoms with Gasteiger partial charge in [-0.15, -0.1) is 0 Å². The summed E-state index contributed by atoms with van der Waals surface area (Å²) in [5.74, 6) is 3.22. The molecule has 19 heavy (non-hydrogen) atoms. The first-order valence-corrected chi connectivity index (χ1v) is 7.83. The summed E-state index contributed by atoms with van der Waals surface area (Å²) in [4.78, 5) is 12.5. The minimum absolute atomic E-state index is 0.232. The minimum Gasteiger partial charge on any atom is -0.496 e. The van der Waals surface area contributed by atoms with Gasteiger partial charge in [0.25, 0.3) is 0 Å². The average molecular weight is 323 g/mol. The normalized spacial score (nSPS) is 28.6. The lowest BCUT2D eigenvalue weighted by Crippen LogP contribution is -2.15. The van der Waals surface area contributed by atoms with Crippen LogP contribution in [0.15, 0.2) is 22.7 Å². The maximum Gasteiger partial charge on any atom is 0.166 e. The van der Waals surface area contributed by atoms with E-state index in [1.54, 1.807) is 7.11 Å². The number of ether oxygens (including phenoxy) is 1. The van der Waals surface area contributed by atoms with E-state index < -0.39 is 0 Å². The molecule has 2 fully saturated rings.